The van der Waals surface area contributed by atoms with Crippen molar-refractivity contribution >= 4 is 10.9 Å². The number of H-pyrrole nitrogens is 1. The second kappa shape index (κ2) is 4.48. The van der Waals surface area contributed by atoms with E-state index >= 15 is 0 Å². The largest absolute Gasteiger partial charge is 0.355 e. The Bertz CT molecular complexity index is 762. The molecule has 0 bridgehead atoms. The van der Waals surface area contributed by atoms with Crippen LogP contribution in [0.1, 0.15) is 26.3 Å². The van der Waals surface area contributed by atoms with E-state index in [0.29, 0.717) is 0 Å². The molecule has 0 saturated carbocycles. The summed E-state index contributed by atoms with van der Waals surface area (Å²) in [6.45, 7) is 6.61. The van der Waals surface area contributed by atoms with Gasteiger partial charge >= 0.3 is 0 Å². The first-order chi connectivity index (χ1) is 9.43. The third kappa shape index (κ3) is 2.34. The molecule has 0 unspecified atom stereocenters. The lowest BCUT2D eigenvalue weighted by Crippen LogP contribution is -2.10. The Balaban J connectivity index is 2.11. The topological polar surface area (TPSA) is 15.8 Å². The highest BCUT2D eigenvalue weighted by Crippen LogP contribution is 2.29. The summed E-state index contributed by atoms with van der Waals surface area (Å²) < 4.78 is 13.3. The van der Waals surface area contributed by atoms with Gasteiger partial charge in [0.2, 0.25) is 0 Å². The molecule has 0 atom stereocenters. The zero-order chi connectivity index (χ0) is 14.3. The summed E-state index contributed by atoms with van der Waals surface area (Å²) in [6, 6.07) is 15.2. The van der Waals surface area contributed by atoms with Crippen LogP contribution >= 0.6 is 0 Å². The van der Waals surface area contributed by atoms with Crippen molar-refractivity contribution < 1.29 is 4.39 Å². The van der Waals surface area contributed by atoms with E-state index in [1.807, 2.05) is 6.07 Å². The summed E-state index contributed by atoms with van der Waals surface area (Å²) in [6.07, 6.45) is 0. The zero-order valence-electron chi connectivity index (χ0n) is 12.0. The molecular formula is C18H18FN. The van der Waals surface area contributed by atoms with Gasteiger partial charge in [0.15, 0.2) is 0 Å². The molecule has 1 nitrogen and oxygen atoms in total. The summed E-state index contributed by atoms with van der Waals surface area (Å²) in [7, 11) is 0. The highest BCUT2D eigenvalue weighted by Gasteiger charge is 2.14. The predicted octanol–water partition coefficient (Wildman–Crippen LogP) is 5.27. The minimum absolute atomic E-state index is 0.129. The number of hydrogen-bond acceptors (Lipinski definition) is 0. The number of hydrogen-bond donors (Lipinski definition) is 1. The maximum absolute atomic E-state index is 13.3. The highest BCUT2D eigenvalue weighted by molar-refractivity contribution is 5.86. The Morgan fingerprint density at radius 2 is 1.75 bits per heavy atom. The first-order valence-corrected chi connectivity index (χ1v) is 6.83. The molecule has 0 aliphatic rings. The highest BCUT2D eigenvalue weighted by atomic mass is 19.1. The van der Waals surface area contributed by atoms with Crippen molar-refractivity contribution in [3.63, 3.8) is 0 Å². The van der Waals surface area contributed by atoms with Crippen molar-refractivity contribution in [3.05, 3.63) is 59.9 Å². The molecule has 2 heteroatoms. The van der Waals surface area contributed by atoms with Crippen molar-refractivity contribution in [3.8, 4) is 11.3 Å². The third-order valence-electron chi connectivity index (χ3n) is 3.62. The number of benzene rings is 2. The van der Waals surface area contributed by atoms with Gasteiger partial charge in [-0.1, -0.05) is 39.0 Å². The normalized spacial score (nSPS) is 12.0. The van der Waals surface area contributed by atoms with Crippen LogP contribution < -0.4 is 0 Å². The number of aromatic nitrogens is 1. The van der Waals surface area contributed by atoms with E-state index < -0.39 is 0 Å². The maximum atomic E-state index is 13.3. The van der Waals surface area contributed by atoms with Gasteiger partial charge in [0.25, 0.3) is 0 Å². The van der Waals surface area contributed by atoms with Crippen molar-refractivity contribution in [2.75, 3.05) is 0 Å². The average molecular weight is 267 g/mol. The van der Waals surface area contributed by atoms with Crippen LogP contribution in [0.5, 0.6) is 0 Å². The standard InChI is InChI=1S/C18H18FN/c1-18(2,3)14-7-8-16-13(9-14)11-17(20-16)12-5-4-6-15(19)10-12/h4-11,20H,1-3H3. The first kappa shape index (κ1) is 12.9. The molecule has 0 radical (unpaired) electrons. The van der Waals surface area contributed by atoms with E-state index in [-0.39, 0.29) is 11.2 Å². The monoisotopic (exact) mass is 267 g/mol. The molecule has 0 spiro atoms. The van der Waals surface area contributed by atoms with Crippen LogP contribution in [0.2, 0.25) is 0 Å². The van der Waals surface area contributed by atoms with E-state index in [9.17, 15) is 4.39 Å². The molecule has 1 heterocycles. The van der Waals surface area contributed by atoms with Crippen LogP contribution in [0.3, 0.4) is 0 Å². The number of nitrogens with one attached hydrogen (secondary N) is 1. The molecule has 1 N–H and O–H groups in total. The predicted molar refractivity (Wildman–Crippen MR) is 82.4 cm³/mol. The van der Waals surface area contributed by atoms with Crippen molar-refractivity contribution in [1.29, 1.82) is 0 Å². The van der Waals surface area contributed by atoms with Crippen LogP contribution in [0.4, 0.5) is 4.39 Å². The van der Waals surface area contributed by atoms with Crippen LogP contribution in [0, 0.1) is 5.82 Å². The molecule has 0 fully saturated rings. The quantitative estimate of drug-likeness (QED) is 0.618. The molecule has 1 aromatic heterocycles. The lowest BCUT2D eigenvalue weighted by atomic mass is 9.86. The Morgan fingerprint density at radius 1 is 0.950 bits per heavy atom. The second-order valence-electron chi connectivity index (χ2n) is 6.25. The minimum atomic E-state index is -0.212. The molecule has 0 aliphatic carbocycles. The van der Waals surface area contributed by atoms with Gasteiger partial charge in [-0.25, -0.2) is 4.39 Å². The molecule has 20 heavy (non-hydrogen) atoms. The Labute approximate surface area is 118 Å². The van der Waals surface area contributed by atoms with Gasteiger partial charge in [-0.2, -0.15) is 0 Å². The summed E-state index contributed by atoms with van der Waals surface area (Å²) in [5.41, 5.74) is 4.33. The van der Waals surface area contributed by atoms with E-state index in [1.165, 1.54) is 11.6 Å². The fourth-order valence-electron chi connectivity index (χ4n) is 2.41. The Morgan fingerprint density at radius 3 is 2.45 bits per heavy atom. The van der Waals surface area contributed by atoms with E-state index in [1.54, 1.807) is 12.1 Å². The SMILES string of the molecule is CC(C)(C)c1ccc2[nH]c(-c3cccc(F)c3)cc2c1. The van der Waals surface area contributed by atoms with Gasteiger partial charge in [0.1, 0.15) is 5.82 Å². The van der Waals surface area contributed by atoms with Gasteiger partial charge in [-0.3, -0.25) is 0 Å². The number of fused-ring (bicyclic) bond motifs is 1. The van der Waals surface area contributed by atoms with Crippen molar-refractivity contribution in [2.24, 2.45) is 0 Å². The van der Waals surface area contributed by atoms with Gasteiger partial charge in [0, 0.05) is 22.2 Å². The number of aromatic amines is 1. The molecule has 3 aromatic rings. The summed E-state index contributed by atoms with van der Waals surface area (Å²) in [4.78, 5) is 3.35. The van der Waals surface area contributed by atoms with Crippen LogP contribution in [0.15, 0.2) is 48.5 Å². The van der Waals surface area contributed by atoms with E-state index in [2.05, 4.69) is 50.0 Å². The minimum Gasteiger partial charge on any atom is -0.355 e. The van der Waals surface area contributed by atoms with Crippen LogP contribution in [-0.4, -0.2) is 4.98 Å². The molecule has 102 valence electrons. The maximum Gasteiger partial charge on any atom is 0.123 e. The Kier molecular flexibility index (Phi) is 2.89. The lowest BCUT2D eigenvalue weighted by Gasteiger charge is -2.18. The van der Waals surface area contributed by atoms with Crippen LogP contribution in [0.25, 0.3) is 22.2 Å². The second-order valence-corrected chi connectivity index (χ2v) is 6.25. The summed E-state index contributed by atoms with van der Waals surface area (Å²) in [5, 5.41) is 1.16. The average Bonchev–Trinajstić information content (AvgIpc) is 2.80. The smallest absolute Gasteiger partial charge is 0.123 e. The summed E-state index contributed by atoms with van der Waals surface area (Å²) >= 11 is 0. The van der Waals surface area contributed by atoms with Crippen LogP contribution in [-0.2, 0) is 5.41 Å². The Hall–Kier alpha value is -2.09. The van der Waals surface area contributed by atoms with Crippen molar-refractivity contribution in [1.82, 2.24) is 4.98 Å². The fourth-order valence-corrected chi connectivity index (χ4v) is 2.41. The van der Waals surface area contributed by atoms with E-state index in [0.717, 1.165) is 22.2 Å². The van der Waals surface area contributed by atoms with Crippen molar-refractivity contribution in [2.45, 2.75) is 26.2 Å². The molecule has 0 amide bonds. The molecule has 3 rings (SSSR count). The fraction of sp³-hybridized carbons (Fsp3) is 0.222. The molecule has 0 saturated heterocycles. The first-order valence-electron chi connectivity index (χ1n) is 6.83. The van der Waals surface area contributed by atoms with Gasteiger partial charge in [0.05, 0.1) is 0 Å². The number of halogens is 1. The van der Waals surface area contributed by atoms with Gasteiger partial charge < -0.3 is 4.98 Å². The lowest BCUT2D eigenvalue weighted by molar-refractivity contribution is 0.591. The third-order valence-corrected chi connectivity index (χ3v) is 3.62. The van der Waals surface area contributed by atoms with Gasteiger partial charge in [-0.15, -0.1) is 0 Å². The summed E-state index contributed by atoms with van der Waals surface area (Å²) in [5.74, 6) is -0.212. The molecule has 2 aromatic carbocycles. The molecule has 0 aliphatic heterocycles. The number of rotatable bonds is 1. The zero-order valence-corrected chi connectivity index (χ0v) is 12.0. The van der Waals surface area contributed by atoms with E-state index in [4.69, 9.17) is 0 Å². The molecular weight excluding hydrogens is 249 g/mol. The van der Waals surface area contributed by atoms with Gasteiger partial charge in [-0.05, 0) is 41.3 Å².